The summed E-state index contributed by atoms with van der Waals surface area (Å²) >= 11 is 12.4. The average molecular weight is 319 g/mol. The minimum absolute atomic E-state index is 0.00306. The summed E-state index contributed by atoms with van der Waals surface area (Å²) < 4.78 is 5.26. The number of nitro benzene ring substituents is 1. The van der Waals surface area contributed by atoms with E-state index in [-0.39, 0.29) is 31.7 Å². The lowest BCUT2D eigenvalue weighted by Crippen LogP contribution is -1.93. The first kappa shape index (κ1) is 13.7. The van der Waals surface area contributed by atoms with Crippen molar-refractivity contribution in [2.75, 3.05) is 0 Å². The van der Waals surface area contributed by atoms with Gasteiger partial charge in [-0.15, -0.1) is 0 Å². The van der Waals surface area contributed by atoms with Crippen LogP contribution in [0.25, 0.3) is 0 Å². The summed E-state index contributed by atoms with van der Waals surface area (Å²) in [5.74, 6) is -0.142. The molecular formula is C10H4Cl2N2O4S. The van der Waals surface area contributed by atoms with E-state index in [0.717, 1.165) is 11.3 Å². The van der Waals surface area contributed by atoms with Crippen LogP contribution in [-0.2, 0) is 0 Å². The monoisotopic (exact) mass is 318 g/mol. The van der Waals surface area contributed by atoms with Crippen molar-refractivity contribution in [3.63, 3.8) is 0 Å². The number of benzene rings is 1. The fraction of sp³-hybridized carbons (Fsp3) is 0. The molecule has 1 aromatic carbocycles. The van der Waals surface area contributed by atoms with E-state index in [1.54, 1.807) is 0 Å². The lowest BCUT2D eigenvalue weighted by Gasteiger charge is -2.04. The number of hydrogen-bond donors (Lipinski definition) is 0. The van der Waals surface area contributed by atoms with Gasteiger partial charge in [-0.3, -0.25) is 14.9 Å². The number of rotatable bonds is 4. The van der Waals surface area contributed by atoms with Crippen molar-refractivity contribution in [1.29, 1.82) is 0 Å². The summed E-state index contributed by atoms with van der Waals surface area (Å²) in [7, 11) is 0. The summed E-state index contributed by atoms with van der Waals surface area (Å²) in [4.78, 5) is 24.8. The molecule has 2 rings (SSSR count). The van der Waals surface area contributed by atoms with Crippen LogP contribution >= 0.6 is 34.5 Å². The molecule has 0 aliphatic rings. The Morgan fingerprint density at radius 2 is 2.16 bits per heavy atom. The zero-order chi connectivity index (χ0) is 14.0. The van der Waals surface area contributed by atoms with Gasteiger partial charge in [-0.1, -0.05) is 40.6 Å². The number of para-hydroxylation sites is 1. The minimum atomic E-state index is -0.628. The molecule has 9 heteroatoms. The van der Waals surface area contributed by atoms with E-state index in [1.807, 2.05) is 0 Å². The Morgan fingerprint density at radius 3 is 2.74 bits per heavy atom. The number of ether oxygens (including phenoxy) is 1. The van der Waals surface area contributed by atoms with Crippen LogP contribution in [0.2, 0.25) is 10.2 Å². The van der Waals surface area contributed by atoms with Crippen molar-refractivity contribution < 1.29 is 14.5 Å². The largest absolute Gasteiger partial charge is 0.422 e. The summed E-state index contributed by atoms with van der Waals surface area (Å²) in [6.45, 7) is 0. The van der Waals surface area contributed by atoms with Crippen molar-refractivity contribution in [2.45, 2.75) is 0 Å². The van der Waals surface area contributed by atoms with Crippen LogP contribution in [0.15, 0.2) is 18.2 Å². The fourth-order valence-electron chi connectivity index (χ4n) is 1.24. The van der Waals surface area contributed by atoms with Crippen molar-refractivity contribution in [3.8, 4) is 10.9 Å². The number of halogens is 2. The third kappa shape index (κ3) is 2.83. The van der Waals surface area contributed by atoms with Gasteiger partial charge in [0.1, 0.15) is 4.88 Å². The first-order chi connectivity index (χ1) is 9.02. The van der Waals surface area contributed by atoms with Crippen molar-refractivity contribution in [2.24, 2.45) is 0 Å². The molecule has 0 saturated carbocycles. The van der Waals surface area contributed by atoms with Crippen LogP contribution < -0.4 is 4.74 Å². The highest BCUT2D eigenvalue weighted by Crippen LogP contribution is 2.39. The van der Waals surface area contributed by atoms with Gasteiger partial charge in [0.2, 0.25) is 5.75 Å². The second kappa shape index (κ2) is 5.52. The Labute approximate surface area is 120 Å². The van der Waals surface area contributed by atoms with Crippen LogP contribution in [0.1, 0.15) is 9.67 Å². The normalized spacial score (nSPS) is 10.2. The zero-order valence-corrected chi connectivity index (χ0v) is 11.3. The summed E-state index contributed by atoms with van der Waals surface area (Å²) in [5.41, 5.74) is -0.300. The fourth-order valence-corrected chi connectivity index (χ4v) is 2.36. The molecule has 0 aliphatic heterocycles. The molecule has 1 aromatic heterocycles. The van der Waals surface area contributed by atoms with Gasteiger partial charge in [0.05, 0.1) is 9.95 Å². The van der Waals surface area contributed by atoms with Crippen LogP contribution in [-0.4, -0.2) is 16.2 Å². The number of carbonyl (C=O) groups excluding carboxylic acids is 1. The Bertz CT molecular complexity index is 659. The van der Waals surface area contributed by atoms with Gasteiger partial charge < -0.3 is 4.74 Å². The Kier molecular flexibility index (Phi) is 3.98. The summed E-state index contributed by atoms with van der Waals surface area (Å²) in [6, 6.07) is 4.12. The average Bonchev–Trinajstić information content (AvgIpc) is 2.71. The molecule has 2 aromatic rings. The molecule has 0 unspecified atom stereocenters. The molecule has 0 saturated heterocycles. The highest BCUT2D eigenvalue weighted by Gasteiger charge is 2.21. The molecular weight excluding hydrogens is 315 g/mol. The van der Waals surface area contributed by atoms with Crippen LogP contribution in [0, 0.1) is 10.1 Å². The Hall–Kier alpha value is -1.70. The van der Waals surface area contributed by atoms with Gasteiger partial charge in [0.25, 0.3) is 5.19 Å². The molecule has 0 bridgehead atoms. The van der Waals surface area contributed by atoms with E-state index >= 15 is 0 Å². The zero-order valence-electron chi connectivity index (χ0n) is 9.00. The maximum absolute atomic E-state index is 10.9. The SMILES string of the molecule is O=Cc1sc(Oc2c(Cl)cccc2[N+](=O)[O-])nc1Cl. The van der Waals surface area contributed by atoms with Crippen molar-refractivity contribution in [1.82, 2.24) is 4.98 Å². The molecule has 1 heterocycles. The number of aromatic nitrogens is 1. The summed E-state index contributed by atoms with van der Waals surface area (Å²) in [6.07, 6.45) is 0.522. The molecule has 0 spiro atoms. The standard InChI is InChI=1S/C10H4Cl2N2O4S/c11-5-2-1-3-6(14(16)17)8(5)18-10-13-9(12)7(4-15)19-10/h1-4H. The number of hydrogen-bond acceptors (Lipinski definition) is 6. The molecule has 19 heavy (non-hydrogen) atoms. The maximum atomic E-state index is 10.9. The van der Waals surface area contributed by atoms with Gasteiger partial charge in [-0.05, 0) is 6.07 Å². The predicted octanol–water partition coefficient (Wildman–Crippen LogP) is 3.96. The molecule has 0 fully saturated rings. The van der Waals surface area contributed by atoms with Gasteiger partial charge in [-0.2, -0.15) is 4.98 Å². The van der Waals surface area contributed by atoms with E-state index < -0.39 is 4.92 Å². The number of nitrogens with zero attached hydrogens (tertiary/aromatic N) is 2. The minimum Gasteiger partial charge on any atom is -0.422 e. The number of thiazole rings is 1. The first-order valence-corrected chi connectivity index (χ1v) is 6.32. The lowest BCUT2D eigenvalue weighted by molar-refractivity contribution is -0.385. The highest BCUT2D eigenvalue weighted by molar-refractivity contribution is 7.15. The van der Waals surface area contributed by atoms with Crippen LogP contribution in [0.4, 0.5) is 5.69 Å². The van der Waals surface area contributed by atoms with Gasteiger partial charge >= 0.3 is 5.69 Å². The Balaban J connectivity index is 2.42. The van der Waals surface area contributed by atoms with E-state index in [0.29, 0.717) is 6.29 Å². The van der Waals surface area contributed by atoms with Crippen molar-refractivity contribution in [3.05, 3.63) is 43.4 Å². The molecule has 0 atom stereocenters. The molecule has 0 amide bonds. The second-order valence-electron chi connectivity index (χ2n) is 3.20. The third-order valence-corrected chi connectivity index (χ3v) is 3.59. The van der Waals surface area contributed by atoms with Gasteiger partial charge in [-0.25, -0.2) is 0 Å². The lowest BCUT2D eigenvalue weighted by atomic mass is 10.3. The van der Waals surface area contributed by atoms with Gasteiger partial charge in [0, 0.05) is 6.07 Å². The van der Waals surface area contributed by atoms with Crippen LogP contribution in [0.3, 0.4) is 0 Å². The smallest absolute Gasteiger partial charge is 0.313 e. The molecule has 0 radical (unpaired) electrons. The Morgan fingerprint density at radius 1 is 1.42 bits per heavy atom. The number of nitro groups is 1. The molecule has 0 aliphatic carbocycles. The van der Waals surface area contributed by atoms with E-state index in [9.17, 15) is 14.9 Å². The van der Waals surface area contributed by atoms with E-state index in [2.05, 4.69) is 4.98 Å². The molecule has 0 N–H and O–H groups in total. The quantitative estimate of drug-likeness (QED) is 0.484. The number of carbonyl (C=O) groups is 1. The third-order valence-electron chi connectivity index (χ3n) is 2.03. The maximum Gasteiger partial charge on any atom is 0.313 e. The first-order valence-electron chi connectivity index (χ1n) is 4.75. The topological polar surface area (TPSA) is 82.3 Å². The highest BCUT2D eigenvalue weighted by atomic mass is 35.5. The van der Waals surface area contributed by atoms with Gasteiger partial charge in [0.15, 0.2) is 11.4 Å². The molecule has 98 valence electrons. The molecule has 6 nitrogen and oxygen atoms in total. The van der Waals surface area contributed by atoms with Crippen LogP contribution in [0.5, 0.6) is 10.9 Å². The predicted molar refractivity (Wildman–Crippen MR) is 70.7 cm³/mol. The van der Waals surface area contributed by atoms with E-state index in [4.69, 9.17) is 27.9 Å². The number of aldehydes is 1. The van der Waals surface area contributed by atoms with Crippen molar-refractivity contribution >= 4 is 46.5 Å². The van der Waals surface area contributed by atoms with E-state index in [1.165, 1.54) is 18.2 Å². The second-order valence-corrected chi connectivity index (χ2v) is 4.96. The summed E-state index contributed by atoms with van der Waals surface area (Å²) in [5, 5.41) is 10.9.